The van der Waals surface area contributed by atoms with Crippen molar-refractivity contribution in [3.05, 3.63) is 89.2 Å². The van der Waals surface area contributed by atoms with Gasteiger partial charge in [0.1, 0.15) is 10.8 Å². The number of carbonyl (C=O) groups excluding carboxylic acids is 1. The number of methoxy groups -OCH3 is 1. The Hall–Kier alpha value is -3.71. The molecule has 1 N–H and O–H groups in total. The van der Waals surface area contributed by atoms with Crippen molar-refractivity contribution in [1.29, 1.82) is 0 Å². The molecule has 4 rings (SSSR count). The average molecular weight is 459 g/mol. The van der Waals surface area contributed by atoms with Gasteiger partial charge in [-0.15, -0.1) is 17.9 Å². The maximum absolute atomic E-state index is 12.8. The molecule has 0 unspecified atom stereocenters. The lowest BCUT2D eigenvalue weighted by Gasteiger charge is -2.12. The Kier molecular flexibility index (Phi) is 6.70. The molecule has 4 aromatic rings. The van der Waals surface area contributed by atoms with Gasteiger partial charge in [-0.3, -0.25) is 9.78 Å². The number of aromatic nitrogens is 3. The van der Waals surface area contributed by atoms with E-state index in [1.165, 1.54) is 0 Å². The van der Waals surface area contributed by atoms with Crippen LogP contribution in [0.25, 0.3) is 22.0 Å². The predicted molar refractivity (Wildman–Crippen MR) is 133 cm³/mol. The van der Waals surface area contributed by atoms with Crippen LogP contribution in [0.4, 0.5) is 0 Å². The van der Waals surface area contributed by atoms with E-state index >= 15 is 0 Å². The first-order valence-corrected chi connectivity index (χ1v) is 11.5. The van der Waals surface area contributed by atoms with E-state index in [0.29, 0.717) is 18.7 Å². The van der Waals surface area contributed by atoms with Crippen molar-refractivity contribution in [2.45, 2.75) is 20.4 Å². The Bertz CT molecular complexity index is 1270. The van der Waals surface area contributed by atoms with Gasteiger partial charge >= 0.3 is 0 Å². The van der Waals surface area contributed by atoms with E-state index in [1.807, 2.05) is 67.9 Å². The molecule has 0 aliphatic rings. The molecule has 0 bridgehead atoms. The molecule has 168 valence electrons. The minimum Gasteiger partial charge on any atom is -0.497 e. The van der Waals surface area contributed by atoms with Crippen molar-refractivity contribution < 1.29 is 9.53 Å². The number of benzene rings is 1. The highest BCUT2D eigenvalue weighted by Gasteiger charge is 2.20. The molecule has 1 aromatic carbocycles. The number of nitrogens with one attached hydrogen (secondary N) is 1. The molecule has 0 saturated carbocycles. The molecule has 0 saturated heterocycles. The molecule has 0 radical (unpaired) electrons. The number of ether oxygens (including phenoxy) is 1. The molecule has 3 heterocycles. The van der Waals surface area contributed by atoms with Gasteiger partial charge in [0, 0.05) is 41.6 Å². The van der Waals surface area contributed by atoms with Crippen LogP contribution in [-0.4, -0.2) is 34.1 Å². The summed E-state index contributed by atoms with van der Waals surface area (Å²) in [6.45, 7) is 8.64. The van der Waals surface area contributed by atoms with Crippen LogP contribution in [0.2, 0.25) is 0 Å². The molecule has 7 heteroatoms. The molecular formula is C26H26N4O2S. The summed E-state index contributed by atoms with van der Waals surface area (Å²) in [5, 5.41) is 5.81. The van der Waals surface area contributed by atoms with Gasteiger partial charge in [-0.25, -0.2) is 4.98 Å². The Morgan fingerprint density at radius 1 is 1.21 bits per heavy atom. The lowest BCUT2D eigenvalue weighted by molar-refractivity contribution is 0.0957. The fourth-order valence-corrected chi connectivity index (χ4v) is 4.39. The molecule has 33 heavy (non-hydrogen) atoms. The summed E-state index contributed by atoms with van der Waals surface area (Å²) >= 11 is 1.57. The number of hydrogen-bond donors (Lipinski definition) is 1. The fraction of sp³-hybridized carbons (Fsp3) is 0.192. The molecule has 0 aliphatic carbocycles. The minimum atomic E-state index is -0.125. The molecule has 0 spiro atoms. The van der Waals surface area contributed by atoms with Gasteiger partial charge in [0.25, 0.3) is 5.91 Å². The highest BCUT2D eigenvalue weighted by Crippen LogP contribution is 2.32. The lowest BCUT2D eigenvalue weighted by Crippen LogP contribution is -2.23. The number of nitrogens with zero attached hydrogens (tertiary/aromatic N) is 3. The van der Waals surface area contributed by atoms with Crippen molar-refractivity contribution in [2.24, 2.45) is 0 Å². The molecule has 0 atom stereocenters. The van der Waals surface area contributed by atoms with Crippen molar-refractivity contribution in [3.8, 4) is 27.7 Å². The SMILES string of the molecule is C=CCNC(=O)c1cc(-c2csc(-c3ccc(C)nc3)n2)n(Cc2ccc(OC)cc2)c1C. The zero-order valence-electron chi connectivity index (χ0n) is 19.0. The van der Waals surface area contributed by atoms with E-state index in [-0.39, 0.29) is 5.91 Å². The van der Waals surface area contributed by atoms with Gasteiger partial charge in [0.05, 0.1) is 24.1 Å². The molecule has 1 amide bonds. The maximum Gasteiger partial charge on any atom is 0.253 e. The summed E-state index contributed by atoms with van der Waals surface area (Å²) in [5.74, 6) is 0.684. The Morgan fingerprint density at radius 2 is 2.00 bits per heavy atom. The van der Waals surface area contributed by atoms with Gasteiger partial charge in [-0.05, 0) is 49.7 Å². The number of carbonyl (C=O) groups is 1. The Labute approximate surface area is 197 Å². The van der Waals surface area contributed by atoms with Crippen LogP contribution in [0, 0.1) is 13.8 Å². The van der Waals surface area contributed by atoms with Crippen LogP contribution in [-0.2, 0) is 6.54 Å². The predicted octanol–water partition coefficient (Wildman–Crippen LogP) is 5.26. The first-order valence-electron chi connectivity index (χ1n) is 10.6. The highest BCUT2D eigenvalue weighted by atomic mass is 32.1. The van der Waals surface area contributed by atoms with Crippen LogP contribution in [0.3, 0.4) is 0 Å². The summed E-state index contributed by atoms with van der Waals surface area (Å²) in [7, 11) is 1.65. The summed E-state index contributed by atoms with van der Waals surface area (Å²) in [5.41, 5.74) is 6.29. The second-order valence-electron chi connectivity index (χ2n) is 7.69. The van der Waals surface area contributed by atoms with E-state index in [4.69, 9.17) is 9.72 Å². The Balaban J connectivity index is 1.74. The van der Waals surface area contributed by atoms with Crippen LogP contribution in [0.15, 0.2) is 66.7 Å². The second kappa shape index (κ2) is 9.83. The van der Waals surface area contributed by atoms with Gasteiger partial charge < -0.3 is 14.6 Å². The van der Waals surface area contributed by atoms with E-state index in [2.05, 4.69) is 21.4 Å². The van der Waals surface area contributed by atoms with Crippen LogP contribution >= 0.6 is 11.3 Å². The van der Waals surface area contributed by atoms with Crippen molar-refractivity contribution in [3.63, 3.8) is 0 Å². The zero-order valence-corrected chi connectivity index (χ0v) is 19.8. The second-order valence-corrected chi connectivity index (χ2v) is 8.55. The van der Waals surface area contributed by atoms with Crippen molar-refractivity contribution in [2.75, 3.05) is 13.7 Å². The third-order valence-corrected chi connectivity index (χ3v) is 6.33. The zero-order chi connectivity index (χ0) is 23.4. The largest absolute Gasteiger partial charge is 0.497 e. The van der Waals surface area contributed by atoms with Gasteiger partial charge in [0.2, 0.25) is 0 Å². The van der Waals surface area contributed by atoms with Crippen molar-refractivity contribution >= 4 is 17.2 Å². The van der Waals surface area contributed by atoms with Crippen molar-refractivity contribution in [1.82, 2.24) is 19.9 Å². The summed E-state index contributed by atoms with van der Waals surface area (Å²) in [4.78, 5) is 22.1. The maximum atomic E-state index is 12.8. The summed E-state index contributed by atoms with van der Waals surface area (Å²) in [6.07, 6.45) is 3.51. The third kappa shape index (κ3) is 4.88. The van der Waals surface area contributed by atoms with E-state index in [0.717, 1.165) is 44.7 Å². The lowest BCUT2D eigenvalue weighted by atomic mass is 10.2. The number of pyridine rings is 1. The van der Waals surface area contributed by atoms with Gasteiger partial charge in [0.15, 0.2) is 0 Å². The highest BCUT2D eigenvalue weighted by molar-refractivity contribution is 7.13. The first kappa shape index (κ1) is 22.5. The van der Waals surface area contributed by atoms with Crippen LogP contribution < -0.4 is 10.1 Å². The van der Waals surface area contributed by atoms with E-state index < -0.39 is 0 Å². The average Bonchev–Trinajstić information content (AvgIpc) is 3.44. The van der Waals surface area contributed by atoms with Gasteiger partial charge in [-0.1, -0.05) is 18.2 Å². The number of amides is 1. The van der Waals surface area contributed by atoms with E-state index in [1.54, 1.807) is 24.5 Å². The minimum absolute atomic E-state index is 0.125. The number of aryl methyl sites for hydroxylation is 1. The molecular weight excluding hydrogens is 432 g/mol. The standard InChI is InChI=1S/C26H26N4O2S/c1-5-12-27-25(31)22-13-24(23-16-33-26(29-23)20-9-6-17(2)28-14-20)30(18(22)3)15-19-7-10-21(32-4)11-8-19/h5-11,13-14,16H,1,12,15H2,2-4H3,(H,27,31). The number of hydrogen-bond acceptors (Lipinski definition) is 5. The third-order valence-electron chi connectivity index (χ3n) is 5.44. The Morgan fingerprint density at radius 3 is 2.67 bits per heavy atom. The molecule has 0 aliphatic heterocycles. The number of rotatable bonds is 8. The smallest absolute Gasteiger partial charge is 0.253 e. The number of thiazole rings is 1. The monoisotopic (exact) mass is 458 g/mol. The summed E-state index contributed by atoms with van der Waals surface area (Å²) < 4.78 is 7.42. The molecule has 0 fully saturated rings. The van der Waals surface area contributed by atoms with Crippen LogP contribution in [0.5, 0.6) is 5.75 Å². The molecule has 6 nitrogen and oxygen atoms in total. The summed E-state index contributed by atoms with van der Waals surface area (Å²) in [6, 6.07) is 13.9. The molecule has 3 aromatic heterocycles. The normalized spacial score (nSPS) is 10.8. The van der Waals surface area contributed by atoms with Gasteiger partial charge in [-0.2, -0.15) is 0 Å². The van der Waals surface area contributed by atoms with Crippen LogP contribution in [0.1, 0.15) is 27.3 Å². The quantitative estimate of drug-likeness (QED) is 0.366. The topological polar surface area (TPSA) is 69.0 Å². The first-order chi connectivity index (χ1) is 16.0. The fourth-order valence-electron chi connectivity index (χ4n) is 3.58. The van der Waals surface area contributed by atoms with E-state index in [9.17, 15) is 4.79 Å².